The van der Waals surface area contributed by atoms with Crippen LogP contribution in [0.25, 0.3) is 10.9 Å². The highest BCUT2D eigenvalue weighted by Gasteiger charge is 2.42. The van der Waals surface area contributed by atoms with Crippen LogP contribution in [0.15, 0.2) is 48.7 Å². The third kappa shape index (κ3) is 4.22. The van der Waals surface area contributed by atoms with E-state index >= 15 is 0 Å². The van der Waals surface area contributed by atoms with Crippen LogP contribution >= 0.6 is 0 Å². The van der Waals surface area contributed by atoms with Crippen LogP contribution in [0, 0.1) is 17.2 Å². The van der Waals surface area contributed by atoms with Gasteiger partial charge in [-0.1, -0.05) is 18.2 Å². The van der Waals surface area contributed by atoms with Crippen molar-refractivity contribution >= 4 is 34.1 Å². The van der Waals surface area contributed by atoms with Gasteiger partial charge in [-0.3, -0.25) is 14.6 Å². The van der Waals surface area contributed by atoms with E-state index in [2.05, 4.69) is 17.1 Å². The van der Waals surface area contributed by atoms with Crippen molar-refractivity contribution < 1.29 is 14.3 Å². The summed E-state index contributed by atoms with van der Waals surface area (Å²) in [5.74, 6) is -0.100. The van der Waals surface area contributed by atoms with Gasteiger partial charge in [0.25, 0.3) is 0 Å². The first-order chi connectivity index (χ1) is 18.5. The van der Waals surface area contributed by atoms with Crippen LogP contribution in [-0.2, 0) is 20.9 Å². The van der Waals surface area contributed by atoms with Crippen molar-refractivity contribution in [3.63, 3.8) is 0 Å². The van der Waals surface area contributed by atoms with Gasteiger partial charge < -0.3 is 20.3 Å². The molecule has 0 radical (unpaired) electrons. The summed E-state index contributed by atoms with van der Waals surface area (Å²) >= 11 is 0. The fourth-order valence-electron chi connectivity index (χ4n) is 5.82. The summed E-state index contributed by atoms with van der Waals surface area (Å²) < 4.78 is 5.48. The molecule has 1 aromatic heterocycles. The molecule has 6 rings (SSSR count). The molecule has 8 nitrogen and oxygen atoms in total. The Morgan fingerprint density at radius 2 is 1.89 bits per heavy atom. The van der Waals surface area contributed by atoms with E-state index in [4.69, 9.17) is 10.5 Å². The second kappa shape index (κ2) is 9.82. The van der Waals surface area contributed by atoms with Gasteiger partial charge in [-0.05, 0) is 73.9 Å². The van der Waals surface area contributed by atoms with E-state index in [9.17, 15) is 14.9 Å². The normalized spacial score (nSPS) is 22.2. The predicted molar refractivity (Wildman–Crippen MR) is 145 cm³/mol. The number of benzene rings is 2. The maximum absolute atomic E-state index is 14.0. The molecule has 194 valence electrons. The highest BCUT2D eigenvalue weighted by Crippen LogP contribution is 2.44. The number of pyridine rings is 1. The van der Waals surface area contributed by atoms with Crippen molar-refractivity contribution in [1.29, 1.82) is 5.26 Å². The molecule has 2 amide bonds. The van der Waals surface area contributed by atoms with Gasteiger partial charge in [0, 0.05) is 30.7 Å². The lowest BCUT2D eigenvalue weighted by atomic mass is 9.96. The lowest BCUT2D eigenvalue weighted by molar-refractivity contribution is -0.126. The molecule has 3 aromatic rings. The maximum Gasteiger partial charge on any atom is 0.246 e. The third-order valence-electron chi connectivity index (χ3n) is 8.19. The molecule has 0 spiro atoms. The molecule has 1 aliphatic carbocycles. The zero-order chi connectivity index (χ0) is 26.4. The Labute approximate surface area is 222 Å². The highest BCUT2D eigenvalue weighted by atomic mass is 16.5. The lowest BCUT2D eigenvalue weighted by Crippen LogP contribution is -2.55. The molecule has 3 aliphatic rings. The first-order valence-corrected chi connectivity index (χ1v) is 13.4. The third-order valence-corrected chi connectivity index (χ3v) is 8.19. The number of hydrogen-bond donors (Lipinski definition) is 1. The van der Waals surface area contributed by atoms with E-state index in [-0.39, 0.29) is 17.7 Å². The molecule has 2 aromatic carbocycles. The Hall–Kier alpha value is -3.80. The Morgan fingerprint density at radius 3 is 2.63 bits per heavy atom. The minimum atomic E-state index is -0.922. The Bertz CT molecular complexity index is 1450. The molecule has 38 heavy (non-hydrogen) atoms. The average molecular weight is 510 g/mol. The molecule has 8 heteroatoms. The van der Waals surface area contributed by atoms with Gasteiger partial charge in [0.2, 0.25) is 11.8 Å². The predicted octanol–water partition coefficient (Wildman–Crippen LogP) is 4.01. The van der Waals surface area contributed by atoms with Gasteiger partial charge in [-0.15, -0.1) is 0 Å². The van der Waals surface area contributed by atoms with Crippen LogP contribution in [0.5, 0.6) is 0 Å². The van der Waals surface area contributed by atoms with Crippen LogP contribution in [-0.4, -0.2) is 42.1 Å². The summed E-state index contributed by atoms with van der Waals surface area (Å²) in [5, 5.41) is 10.7. The van der Waals surface area contributed by atoms with Crippen LogP contribution in [0.1, 0.15) is 55.2 Å². The Morgan fingerprint density at radius 1 is 1.13 bits per heavy atom. The van der Waals surface area contributed by atoms with Crippen LogP contribution < -0.4 is 15.5 Å². The van der Waals surface area contributed by atoms with Gasteiger partial charge in [-0.2, -0.15) is 5.26 Å². The summed E-state index contributed by atoms with van der Waals surface area (Å²) in [5.41, 5.74) is 11.3. The van der Waals surface area contributed by atoms with Crippen LogP contribution in [0.2, 0.25) is 0 Å². The number of anilines is 2. The van der Waals surface area contributed by atoms with Crippen LogP contribution in [0.4, 0.5) is 11.4 Å². The minimum Gasteiger partial charge on any atom is -0.381 e. The second-order valence-corrected chi connectivity index (χ2v) is 10.6. The van der Waals surface area contributed by atoms with E-state index < -0.39 is 12.1 Å². The van der Waals surface area contributed by atoms with E-state index in [1.807, 2.05) is 31.3 Å². The number of rotatable bonds is 4. The molecular formula is C30H31N5O3. The number of ether oxygens (including phenoxy) is 1. The van der Waals surface area contributed by atoms with Gasteiger partial charge in [-0.25, -0.2) is 0 Å². The van der Waals surface area contributed by atoms with Gasteiger partial charge in [0.15, 0.2) is 0 Å². The van der Waals surface area contributed by atoms with Gasteiger partial charge >= 0.3 is 0 Å². The summed E-state index contributed by atoms with van der Waals surface area (Å²) in [4.78, 5) is 36.0. The number of aromatic nitrogens is 1. The molecule has 2 aliphatic heterocycles. The van der Waals surface area contributed by atoms with Crippen molar-refractivity contribution in [2.45, 2.75) is 57.2 Å². The number of amides is 2. The SMILES string of the molecule is C[C@H]1[C@H](N)C(=O)N(Cc2c(C3CC3)cnc3ccccc23)c2ccc(C#N)cc2N1C(=O)C1CCOCC1. The number of carbonyl (C=O) groups is 2. The number of nitriles is 1. The first kappa shape index (κ1) is 24.5. The van der Waals surface area contributed by atoms with Crippen molar-refractivity contribution in [3.8, 4) is 6.07 Å². The highest BCUT2D eigenvalue weighted by molar-refractivity contribution is 6.08. The van der Waals surface area contributed by atoms with Crippen molar-refractivity contribution in [2.75, 3.05) is 23.0 Å². The van der Waals surface area contributed by atoms with E-state index in [1.54, 1.807) is 28.0 Å². The zero-order valence-electron chi connectivity index (χ0n) is 21.5. The summed E-state index contributed by atoms with van der Waals surface area (Å²) in [7, 11) is 0. The lowest BCUT2D eigenvalue weighted by Gasteiger charge is -2.34. The minimum absolute atomic E-state index is 0.0738. The molecule has 3 heterocycles. The molecular weight excluding hydrogens is 478 g/mol. The summed E-state index contributed by atoms with van der Waals surface area (Å²) in [6.45, 7) is 3.19. The number of carbonyl (C=O) groups excluding carboxylic acids is 2. The van der Waals surface area contributed by atoms with Crippen molar-refractivity contribution in [3.05, 3.63) is 65.4 Å². The average Bonchev–Trinajstić information content (AvgIpc) is 3.81. The summed E-state index contributed by atoms with van der Waals surface area (Å²) in [6, 6.07) is 13.9. The van der Waals surface area contributed by atoms with E-state index in [0.717, 1.165) is 34.9 Å². The number of nitrogens with zero attached hydrogens (tertiary/aromatic N) is 4. The smallest absolute Gasteiger partial charge is 0.246 e. The first-order valence-electron chi connectivity index (χ1n) is 13.4. The van der Waals surface area contributed by atoms with Gasteiger partial charge in [0.1, 0.15) is 6.04 Å². The Balaban J connectivity index is 1.50. The summed E-state index contributed by atoms with van der Waals surface area (Å²) in [6.07, 6.45) is 5.40. The van der Waals surface area contributed by atoms with Crippen LogP contribution in [0.3, 0.4) is 0 Å². The van der Waals surface area contributed by atoms with Crippen molar-refractivity contribution in [2.24, 2.45) is 11.7 Å². The zero-order valence-corrected chi connectivity index (χ0v) is 21.5. The molecule has 1 saturated carbocycles. The fourth-order valence-corrected chi connectivity index (χ4v) is 5.82. The molecule has 1 saturated heterocycles. The fraction of sp³-hybridized carbons (Fsp3) is 0.400. The molecule has 2 atom stereocenters. The topological polar surface area (TPSA) is 113 Å². The molecule has 0 unspecified atom stereocenters. The number of para-hydroxylation sites is 1. The number of nitrogens with two attached hydrogens (primary N) is 1. The standard InChI is InChI=1S/C30H31N5O3/c1-18-28(32)30(37)34(17-24-22-4-2-3-5-25(22)33-16-23(24)20-7-8-20)26-9-6-19(15-31)14-27(26)35(18)29(36)21-10-12-38-13-11-21/h2-6,9,14,16,18,20-21,28H,7-8,10-13,17,32H2,1H3/t18-,28-/m0/s1. The molecule has 0 bridgehead atoms. The maximum atomic E-state index is 14.0. The molecule has 2 fully saturated rings. The second-order valence-electron chi connectivity index (χ2n) is 10.6. The van der Waals surface area contributed by atoms with E-state index in [1.165, 1.54) is 0 Å². The largest absolute Gasteiger partial charge is 0.381 e. The number of fused-ring (bicyclic) bond motifs is 2. The monoisotopic (exact) mass is 509 g/mol. The Kier molecular flexibility index (Phi) is 6.34. The molecule has 2 N–H and O–H groups in total. The van der Waals surface area contributed by atoms with E-state index in [0.29, 0.717) is 55.5 Å². The van der Waals surface area contributed by atoms with Gasteiger partial charge in [0.05, 0.1) is 41.1 Å². The van der Waals surface area contributed by atoms with Crippen molar-refractivity contribution in [1.82, 2.24) is 4.98 Å². The number of hydrogen-bond acceptors (Lipinski definition) is 6. The quantitative estimate of drug-likeness (QED) is 0.569.